The van der Waals surface area contributed by atoms with Gasteiger partial charge in [0.25, 0.3) is 11.5 Å². The molecule has 0 atom stereocenters. The van der Waals surface area contributed by atoms with Gasteiger partial charge in [-0.2, -0.15) is 0 Å². The number of aromatic nitrogens is 2. The normalized spacial score (nSPS) is 11.0. The van der Waals surface area contributed by atoms with Gasteiger partial charge >= 0.3 is 5.69 Å². The molecule has 7 nitrogen and oxygen atoms in total. The number of fused-ring (bicyclic) bond motifs is 1. The number of rotatable bonds is 5. The maximum Gasteiger partial charge on any atom is 0.332 e. The first-order valence-electron chi connectivity index (χ1n) is 8.62. The first-order valence-corrected chi connectivity index (χ1v) is 9.44. The molecule has 0 aliphatic carbocycles. The minimum Gasteiger partial charge on any atom is -0.467 e. The maximum atomic E-state index is 12.9. The Morgan fingerprint density at radius 3 is 2.64 bits per heavy atom. The van der Waals surface area contributed by atoms with Crippen LogP contribution in [-0.2, 0) is 20.1 Å². The Kier molecular flexibility index (Phi) is 4.70. The number of nitrogens with zero attached hydrogens (tertiary/aromatic N) is 2. The van der Waals surface area contributed by atoms with Crippen LogP contribution in [0.3, 0.4) is 0 Å². The zero-order valence-corrected chi connectivity index (χ0v) is 15.9. The summed E-state index contributed by atoms with van der Waals surface area (Å²) in [4.78, 5) is 38.9. The molecule has 0 saturated heterocycles. The molecule has 4 rings (SSSR count). The van der Waals surface area contributed by atoms with Gasteiger partial charge in [0.05, 0.1) is 29.6 Å². The van der Waals surface area contributed by atoms with Crippen LogP contribution in [0.25, 0.3) is 10.2 Å². The average Bonchev–Trinajstić information content (AvgIpc) is 3.38. The van der Waals surface area contributed by atoms with Gasteiger partial charge in [-0.15, -0.1) is 11.3 Å². The van der Waals surface area contributed by atoms with Gasteiger partial charge in [-0.25, -0.2) is 4.79 Å². The van der Waals surface area contributed by atoms with E-state index in [1.54, 1.807) is 25.2 Å². The molecule has 3 heterocycles. The third-order valence-electron chi connectivity index (χ3n) is 4.42. The lowest BCUT2D eigenvalue weighted by molar-refractivity contribution is 0.0952. The highest BCUT2D eigenvalue weighted by molar-refractivity contribution is 7.20. The molecule has 0 aliphatic heterocycles. The molecule has 0 bridgehead atoms. The summed E-state index contributed by atoms with van der Waals surface area (Å²) in [6.07, 6.45) is 1.53. The number of thiophene rings is 1. The largest absolute Gasteiger partial charge is 0.467 e. The highest BCUT2D eigenvalue weighted by Gasteiger charge is 2.18. The smallest absolute Gasteiger partial charge is 0.332 e. The Morgan fingerprint density at radius 1 is 1.14 bits per heavy atom. The van der Waals surface area contributed by atoms with Crippen molar-refractivity contribution in [1.82, 2.24) is 14.5 Å². The Bertz CT molecular complexity index is 1250. The zero-order valence-electron chi connectivity index (χ0n) is 15.0. The van der Waals surface area contributed by atoms with Gasteiger partial charge in [-0.05, 0) is 23.8 Å². The van der Waals surface area contributed by atoms with Gasteiger partial charge in [-0.1, -0.05) is 30.3 Å². The molecule has 1 aromatic carbocycles. The summed E-state index contributed by atoms with van der Waals surface area (Å²) < 4.78 is 7.79. The highest BCUT2D eigenvalue weighted by atomic mass is 32.1. The van der Waals surface area contributed by atoms with Crippen LogP contribution in [0, 0.1) is 0 Å². The quantitative estimate of drug-likeness (QED) is 0.562. The molecular formula is C20H17N3O4S. The molecule has 0 radical (unpaired) electrons. The fourth-order valence-corrected chi connectivity index (χ4v) is 3.99. The van der Waals surface area contributed by atoms with E-state index in [0.717, 1.165) is 16.9 Å². The zero-order chi connectivity index (χ0) is 19.7. The summed E-state index contributed by atoms with van der Waals surface area (Å²) in [6, 6.07) is 14.4. The number of nitrogens with one attached hydrogen (secondary N) is 1. The van der Waals surface area contributed by atoms with Crippen molar-refractivity contribution in [3.63, 3.8) is 0 Å². The molecule has 28 heavy (non-hydrogen) atoms. The van der Waals surface area contributed by atoms with Crippen molar-refractivity contribution in [2.24, 2.45) is 7.05 Å². The van der Waals surface area contributed by atoms with Crippen molar-refractivity contribution in [3.05, 3.63) is 91.8 Å². The van der Waals surface area contributed by atoms with Gasteiger partial charge in [0.2, 0.25) is 0 Å². The lowest BCUT2D eigenvalue weighted by Gasteiger charge is -2.08. The van der Waals surface area contributed by atoms with Crippen molar-refractivity contribution >= 4 is 27.5 Å². The number of amides is 1. The van der Waals surface area contributed by atoms with Gasteiger partial charge < -0.3 is 9.73 Å². The van der Waals surface area contributed by atoms with E-state index < -0.39 is 11.2 Å². The summed E-state index contributed by atoms with van der Waals surface area (Å²) in [6.45, 7) is 0.426. The second-order valence-corrected chi connectivity index (χ2v) is 7.34. The van der Waals surface area contributed by atoms with E-state index in [9.17, 15) is 14.4 Å². The summed E-state index contributed by atoms with van der Waals surface area (Å²) >= 11 is 1.12. The molecule has 142 valence electrons. The lowest BCUT2D eigenvalue weighted by atomic mass is 10.2. The fourth-order valence-electron chi connectivity index (χ4n) is 2.97. The minimum atomic E-state index is -0.411. The number of carbonyl (C=O) groups is 1. The van der Waals surface area contributed by atoms with Crippen LogP contribution in [0.2, 0.25) is 0 Å². The second-order valence-electron chi connectivity index (χ2n) is 6.31. The average molecular weight is 395 g/mol. The van der Waals surface area contributed by atoms with Crippen molar-refractivity contribution in [2.45, 2.75) is 13.1 Å². The predicted molar refractivity (Wildman–Crippen MR) is 107 cm³/mol. The molecule has 0 aliphatic rings. The number of hydrogen-bond acceptors (Lipinski definition) is 5. The number of hydrogen-bond donors (Lipinski definition) is 1. The molecule has 0 saturated carbocycles. The predicted octanol–water partition coefficient (Wildman–Crippen LogP) is 2.33. The maximum absolute atomic E-state index is 12.9. The van der Waals surface area contributed by atoms with Crippen LogP contribution in [0.1, 0.15) is 21.0 Å². The Balaban J connectivity index is 1.70. The minimum absolute atomic E-state index is 0.179. The third-order valence-corrected chi connectivity index (χ3v) is 5.63. The monoisotopic (exact) mass is 395 g/mol. The summed E-state index contributed by atoms with van der Waals surface area (Å²) in [5.74, 6) is 0.311. The molecule has 1 N–H and O–H groups in total. The molecule has 3 aromatic heterocycles. The summed E-state index contributed by atoms with van der Waals surface area (Å²) in [7, 11) is 1.60. The molecule has 1 amide bonds. The van der Waals surface area contributed by atoms with E-state index in [0.29, 0.717) is 20.9 Å². The topological polar surface area (TPSA) is 86.2 Å². The fraction of sp³-hybridized carbons (Fsp3) is 0.150. The van der Waals surface area contributed by atoms with Crippen LogP contribution in [0.15, 0.2) is 68.8 Å². The second kappa shape index (κ2) is 7.32. The van der Waals surface area contributed by atoms with Crippen LogP contribution in [0.5, 0.6) is 0 Å². The number of furan rings is 1. The number of benzene rings is 1. The first-order chi connectivity index (χ1) is 13.5. The van der Waals surface area contributed by atoms with Gasteiger partial charge in [0.1, 0.15) is 10.6 Å². The van der Waals surface area contributed by atoms with Gasteiger partial charge in [-0.3, -0.25) is 18.7 Å². The van der Waals surface area contributed by atoms with Crippen LogP contribution < -0.4 is 16.6 Å². The number of carbonyl (C=O) groups excluding carboxylic acids is 1. The van der Waals surface area contributed by atoms with Gasteiger partial charge in [0, 0.05) is 7.05 Å². The Hall–Kier alpha value is -3.39. The Labute approximate surface area is 163 Å². The van der Waals surface area contributed by atoms with Crippen LogP contribution in [0.4, 0.5) is 0 Å². The lowest BCUT2D eigenvalue weighted by Crippen LogP contribution is -2.38. The van der Waals surface area contributed by atoms with E-state index in [-0.39, 0.29) is 19.0 Å². The first kappa shape index (κ1) is 18.0. The van der Waals surface area contributed by atoms with Crippen molar-refractivity contribution in [2.75, 3.05) is 0 Å². The van der Waals surface area contributed by atoms with E-state index >= 15 is 0 Å². The van der Waals surface area contributed by atoms with E-state index in [4.69, 9.17) is 4.42 Å². The highest BCUT2D eigenvalue weighted by Crippen LogP contribution is 2.22. The number of aryl methyl sites for hydroxylation is 1. The molecular weight excluding hydrogens is 378 g/mol. The van der Waals surface area contributed by atoms with Crippen LogP contribution >= 0.6 is 11.3 Å². The third kappa shape index (κ3) is 3.29. The van der Waals surface area contributed by atoms with Crippen molar-refractivity contribution in [1.29, 1.82) is 0 Å². The Morgan fingerprint density at radius 2 is 1.93 bits per heavy atom. The molecule has 0 fully saturated rings. The van der Waals surface area contributed by atoms with Gasteiger partial charge in [0.15, 0.2) is 0 Å². The summed E-state index contributed by atoms with van der Waals surface area (Å²) in [5.41, 5.74) is 0.0433. The van der Waals surface area contributed by atoms with E-state index in [1.807, 2.05) is 30.3 Å². The molecule has 0 spiro atoms. The van der Waals surface area contributed by atoms with Crippen LogP contribution in [-0.4, -0.2) is 15.0 Å². The van der Waals surface area contributed by atoms with E-state index in [1.165, 1.54) is 15.4 Å². The SMILES string of the molecule is Cn1c(=O)n(Cc2ccccc2)c(=O)c2cc(C(=O)NCc3ccco3)sc21. The standard InChI is InChI=1S/C20H17N3O4S/c1-22-19-15(10-16(28-19)17(24)21-11-14-8-5-9-27-14)18(25)23(20(22)26)12-13-6-3-2-4-7-13/h2-10H,11-12H2,1H3,(H,21,24). The molecule has 8 heteroatoms. The van der Waals surface area contributed by atoms with Crippen molar-refractivity contribution in [3.8, 4) is 0 Å². The molecule has 0 unspecified atom stereocenters. The van der Waals surface area contributed by atoms with E-state index in [2.05, 4.69) is 5.32 Å². The molecule has 4 aromatic rings. The van der Waals surface area contributed by atoms with Crippen molar-refractivity contribution < 1.29 is 9.21 Å². The summed E-state index contributed by atoms with van der Waals surface area (Å²) in [5, 5.41) is 3.10.